The van der Waals surface area contributed by atoms with E-state index in [1.54, 1.807) is 42.7 Å². The molecule has 1 fully saturated rings. The summed E-state index contributed by atoms with van der Waals surface area (Å²) in [6.07, 6.45) is 3.24. The van der Waals surface area contributed by atoms with Gasteiger partial charge in [0.25, 0.3) is 11.7 Å². The molecule has 0 aliphatic carbocycles. The standard InChI is InChI=1S/C25H21FN2O4/c1-2-32-20-11-7-17(8-12-20)22-21(23(29)18-5-9-19(26)10-6-18)24(30)25(31)28(22)15-16-4-3-13-27-14-16/h3-14,22,29H,2,15H2,1H3/t22-/m1/s1. The van der Waals surface area contributed by atoms with Gasteiger partial charge in [-0.25, -0.2) is 4.39 Å². The molecule has 1 atom stereocenters. The molecule has 0 saturated carbocycles. The average Bonchev–Trinajstić information content (AvgIpc) is 3.05. The maximum absolute atomic E-state index is 13.4. The number of rotatable bonds is 6. The van der Waals surface area contributed by atoms with Gasteiger partial charge in [0.1, 0.15) is 17.3 Å². The van der Waals surface area contributed by atoms with Gasteiger partial charge in [0, 0.05) is 24.5 Å². The van der Waals surface area contributed by atoms with Gasteiger partial charge in [-0.2, -0.15) is 0 Å². The van der Waals surface area contributed by atoms with Crippen LogP contribution >= 0.6 is 0 Å². The monoisotopic (exact) mass is 432 g/mol. The molecular weight excluding hydrogens is 411 g/mol. The van der Waals surface area contributed by atoms with E-state index >= 15 is 0 Å². The first kappa shape index (κ1) is 21.2. The van der Waals surface area contributed by atoms with Gasteiger partial charge in [-0.1, -0.05) is 18.2 Å². The zero-order chi connectivity index (χ0) is 22.7. The highest BCUT2D eigenvalue weighted by Crippen LogP contribution is 2.40. The van der Waals surface area contributed by atoms with Crippen LogP contribution < -0.4 is 4.74 Å². The van der Waals surface area contributed by atoms with Crippen LogP contribution in [0.2, 0.25) is 0 Å². The summed E-state index contributed by atoms with van der Waals surface area (Å²) in [6, 6.07) is 14.9. The molecule has 1 aliphatic rings. The molecule has 0 radical (unpaired) electrons. The minimum Gasteiger partial charge on any atom is -0.507 e. The Morgan fingerprint density at radius 1 is 1.09 bits per heavy atom. The molecule has 2 heterocycles. The van der Waals surface area contributed by atoms with Crippen LogP contribution in [0, 0.1) is 5.82 Å². The van der Waals surface area contributed by atoms with Gasteiger partial charge in [0.05, 0.1) is 18.2 Å². The number of amides is 1. The summed E-state index contributed by atoms with van der Waals surface area (Å²) in [5.41, 5.74) is 1.59. The van der Waals surface area contributed by atoms with Crippen molar-refractivity contribution in [1.82, 2.24) is 9.88 Å². The molecule has 7 heteroatoms. The fourth-order valence-electron chi connectivity index (χ4n) is 3.75. The van der Waals surface area contributed by atoms with E-state index in [9.17, 15) is 19.1 Å². The van der Waals surface area contributed by atoms with Gasteiger partial charge < -0.3 is 14.7 Å². The van der Waals surface area contributed by atoms with Crippen LogP contribution in [-0.4, -0.2) is 33.3 Å². The van der Waals surface area contributed by atoms with Crippen LogP contribution in [0.25, 0.3) is 5.76 Å². The Bertz CT molecular complexity index is 1160. The second-order valence-corrected chi connectivity index (χ2v) is 7.30. The van der Waals surface area contributed by atoms with Crippen molar-refractivity contribution in [2.75, 3.05) is 6.61 Å². The maximum Gasteiger partial charge on any atom is 0.295 e. The number of halogens is 1. The molecule has 0 spiro atoms. The Kier molecular flexibility index (Phi) is 5.98. The number of hydrogen-bond donors (Lipinski definition) is 1. The number of Topliss-reactive ketones (excluding diaryl/α,β-unsaturated/α-hetero) is 1. The second kappa shape index (κ2) is 9.01. The first-order valence-corrected chi connectivity index (χ1v) is 10.2. The van der Waals surface area contributed by atoms with Crippen LogP contribution in [0.1, 0.15) is 29.7 Å². The number of likely N-dealkylation sites (tertiary alicyclic amines) is 1. The van der Waals surface area contributed by atoms with Gasteiger partial charge >= 0.3 is 0 Å². The van der Waals surface area contributed by atoms with E-state index in [4.69, 9.17) is 4.74 Å². The molecule has 0 unspecified atom stereocenters. The van der Waals surface area contributed by atoms with Gasteiger partial charge in [0.15, 0.2) is 0 Å². The zero-order valence-corrected chi connectivity index (χ0v) is 17.4. The molecule has 1 amide bonds. The van der Waals surface area contributed by atoms with Crippen molar-refractivity contribution < 1.29 is 23.8 Å². The van der Waals surface area contributed by atoms with E-state index in [2.05, 4.69) is 4.98 Å². The molecule has 3 aromatic rings. The lowest BCUT2D eigenvalue weighted by atomic mass is 9.95. The van der Waals surface area contributed by atoms with Crippen molar-refractivity contribution >= 4 is 17.4 Å². The average molecular weight is 432 g/mol. The fraction of sp³-hybridized carbons (Fsp3) is 0.160. The summed E-state index contributed by atoms with van der Waals surface area (Å²) in [4.78, 5) is 31.5. The Morgan fingerprint density at radius 2 is 1.81 bits per heavy atom. The number of benzene rings is 2. The number of carbonyl (C=O) groups excluding carboxylic acids is 2. The van der Waals surface area contributed by atoms with E-state index < -0.39 is 23.5 Å². The number of aromatic nitrogens is 1. The molecule has 32 heavy (non-hydrogen) atoms. The topological polar surface area (TPSA) is 79.7 Å². The molecule has 4 rings (SSSR count). The fourth-order valence-corrected chi connectivity index (χ4v) is 3.75. The van der Waals surface area contributed by atoms with E-state index in [1.807, 2.05) is 13.0 Å². The van der Waals surface area contributed by atoms with Crippen molar-refractivity contribution in [3.8, 4) is 5.75 Å². The maximum atomic E-state index is 13.4. The number of carbonyl (C=O) groups is 2. The van der Waals surface area contributed by atoms with Crippen molar-refractivity contribution in [2.24, 2.45) is 0 Å². The largest absolute Gasteiger partial charge is 0.507 e. The number of aliphatic hydroxyl groups is 1. The third-order valence-electron chi connectivity index (χ3n) is 5.24. The Labute approximate surface area is 184 Å². The summed E-state index contributed by atoms with van der Waals surface area (Å²) in [6.45, 7) is 2.51. The van der Waals surface area contributed by atoms with Crippen molar-refractivity contribution in [1.29, 1.82) is 0 Å². The van der Waals surface area contributed by atoms with Crippen LogP contribution in [0.15, 0.2) is 78.6 Å². The smallest absolute Gasteiger partial charge is 0.295 e. The van der Waals surface area contributed by atoms with Crippen molar-refractivity contribution in [3.63, 3.8) is 0 Å². The summed E-state index contributed by atoms with van der Waals surface area (Å²) in [7, 11) is 0. The van der Waals surface area contributed by atoms with Gasteiger partial charge in [0.2, 0.25) is 0 Å². The van der Waals surface area contributed by atoms with Gasteiger partial charge in [-0.15, -0.1) is 0 Å². The molecule has 1 saturated heterocycles. The number of hydrogen-bond acceptors (Lipinski definition) is 5. The molecule has 0 bridgehead atoms. The lowest BCUT2D eigenvalue weighted by molar-refractivity contribution is -0.140. The Hall–Kier alpha value is -4.00. The van der Waals surface area contributed by atoms with Crippen molar-refractivity contribution in [2.45, 2.75) is 19.5 Å². The highest BCUT2D eigenvalue weighted by molar-refractivity contribution is 6.46. The van der Waals surface area contributed by atoms with Gasteiger partial charge in [-0.05, 0) is 60.5 Å². The van der Waals surface area contributed by atoms with Crippen molar-refractivity contribution in [3.05, 3.63) is 101 Å². The predicted octanol–water partition coefficient (Wildman–Crippen LogP) is 4.24. The normalized spacial score (nSPS) is 17.6. The Morgan fingerprint density at radius 3 is 2.44 bits per heavy atom. The minimum absolute atomic E-state index is 0.0466. The molecule has 1 aliphatic heterocycles. The summed E-state index contributed by atoms with van der Waals surface area (Å²) in [5.74, 6) is -1.69. The number of pyridine rings is 1. The number of ketones is 1. The van der Waals surface area contributed by atoms with E-state index in [-0.39, 0.29) is 23.4 Å². The summed E-state index contributed by atoms with van der Waals surface area (Å²) < 4.78 is 18.9. The van der Waals surface area contributed by atoms with Crippen LogP contribution in [0.5, 0.6) is 5.75 Å². The zero-order valence-electron chi connectivity index (χ0n) is 17.4. The molecular formula is C25H21FN2O4. The lowest BCUT2D eigenvalue weighted by Gasteiger charge is -2.25. The summed E-state index contributed by atoms with van der Waals surface area (Å²) >= 11 is 0. The van der Waals surface area contributed by atoms with Gasteiger partial charge in [-0.3, -0.25) is 14.6 Å². The highest BCUT2D eigenvalue weighted by Gasteiger charge is 2.46. The number of nitrogens with zero attached hydrogens (tertiary/aromatic N) is 2. The van der Waals surface area contributed by atoms with Crippen LogP contribution in [0.4, 0.5) is 4.39 Å². The predicted molar refractivity (Wildman–Crippen MR) is 116 cm³/mol. The molecule has 6 nitrogen and oxygen atoms in total. The second-order valence-electron chi connectivity index (χ2n) is 7.30. The Balaban J connectivity index is 1.83. The third-order valence-corrected chi connectivity index (χ3v) is 5.24. The first-order chi connectivity index (χ1) is 15.5. The van der Waals surface area contributed by atoms with Crippen LogP contribution in [-0.2, 0) is 16.1 Å². The molecule has 1 N–H and O–H groups in total. The molecule has 2 aromatic carbocycles. The minimum atomic E-state index is -0.823. The number of ether oxygens (including phenoxy) is 1. The highest BCUT2D eigenvalue weighted by atomic mass is 19.1. The van der Waals surface area contributed by atoms with E-state index in [0.29, 0.717) is 17.9 Å². The third kappa shape index (κ3) is 4.09. The lowest BCUT2D eigenvalue weighted by Crippen LogP contribution is -2.29. The van der Waals surface area contributed by atoms with Crippen LogP contribution in [0.3, 0.4) is 0 Å². The van der Waals surface area contributed by atoms with E-state index in [1.165, 1.54) is 29.2 Å². The quantitative estimate of drug-likeness (QED) is 0.358. The SMILES string of the molecule is CCOc1ccc([C@@H]2C(=C(O)c3ccc(F)cc3)C(=O)C(=O)N2Cc2cccnc2)cc1. The summed E-state index contributed by atoms with van der Waals surface area (Å²) in [5, 5.41) is 11.0. The number of aliphatic hydroxyl groups excluding tert-OH is 1. The molecule has 1 aromatic heterocycles. The molecule has 162 valence electrons. The first-order valence-electron chi connectivity index (χ1n) is 10.2. The van der Waals surface area contributed by atoms with E-state index in [0.717, 1.165) is 5.56 Å².